The Balaban J connectivity index is 2.03. The van der Waals surface area contributed by atoms with E-state index in [1.165, 1.54) is 11.3 Å². The summed E-state index contributed by atoms with van der Waals surface area (Å²) in [5, 5.41) is 16.2. The summed E-state index contributed by atoms with van der Waals surface area (Å²) in [5.41, 5.74) is 6.03. The van der Waals surface area contributed by atoms with Crippen LogP contribution in [0.2, 0.25) is 0 Å². The normalized spacial score (nSPS) is 13.8. The molecule has 3 rings (SSSR count). The third-order valence-corrected chi connectivity index (χ3v) is 5.25. The molecule has 2 heterocycles. The first-order valence-corrected chi connectivity index (χ1v) is 10.0. The maximum Gasteiger partial charge on any atom is 0.321 e. The molecule has 0 fully saturated rings. The molecular weight excluding hydrogens is 388 g/mol. The van der Waals surface area contributed by atoms with Gasteiger partial charge in [0.15, 0.2) is 5.13 Å². The molecule has 29 heavy (non-hydrogen) atoms. The van der Waals surface area contributed by atoms with E-state index in [-0.39, 0.29) is 6.03 Å². The molecule has 3 N–H and O–H groups in total. The molecule has 0 radical (unpaired) electrons. The topological polar surface area (TPSA) is 95.8 Å². The van der Waals surface area contributed by atoms with Gasteiger partial charge in [0.1, 0.15) is 5.60 Å². The zero-order valence-electron chi connectivity index (χ0n) is 16.9. The van der Waals surface area contributed by atoms with Crippen molar-refractivity contribution < 1.29 is 14.6 Å². The van der Waals surface area contributed by atoms with Gasteiger partial charge in [0, 0.05) is 31.5 Å². The van der Waals surface area contributed by atoms with Gasteiger partial charge in [-0.15, -0.1) is 5.73 Å². The Bertz CT molecular complexity index is 1050. The van der Waals surface area contributed by atoms with Gasteiger partial charge in [-0.1, -0.05) is 11.3 Å². The molecule has 1 aromatic heterocycles. The fourth-order valence-electron chi connectivity index (χ4n) is 2.80. The van der Waals surface area contributed by atoms with Crippen LogP contribution >= 0.6 is 11.3 Å². The minimum atomic E-state index is -1.05. The van der Waals surface area contributed by atoms with Crippen LogP contribution in [-0.4, -0.2) is 41.1 Å². The molecule has 1 aliphatic rings. The molecule has 0 spiro atoms. The van der Waals surface area contributed by atoms with Gasteiger partial charge >= 0.3 is 6.03 Å². The first kappa shape index (κ1) is 21.0. The summed E-state index contributed by atoms with van der Waals surface area (Å²) in [7, 11) is 1.64. The van der Waals surface area contributed by atoms with Crippen molar-refractivity contribution in [1.29, 1.82) is 0 Å². The molecule has 0 atom stereocenters. The maximum absolute atomic E-state index is 11.8. The number of rotatable bonds is 6. The van der Waals surface area contributed by atoms with E-state index in [2.05, 4.69) is 26.3 Å². The van der Waals surface area contributed by atoms with Crippen LogP contribution in [0.5, 0.6) is 0 Å². The van der Waals surface area contributed by atoms with Crippen LogP contribution in [0.1, 0.15) is 31.9 Å². The maximum atomic E-state index is 11.8. The molecule has 152 valence electrons. The minimum absolute atomic E-state index is 0.284. The molecule has 0 bridgehead atoms. The number of aromatic nitrogens is 1. The monoisotopic (exact) mass is 412 g/mol. The Labute approximate surface area is 173 Å². The van der Waals surface area contributed by atoms with Gasteiger partial charge in [0.2, 0.25) is 0 Å². The number of carbonyl (C=O) groups is 1. The third-order valence-electron chi connectivity index (χ3n) is 4.19. The molecule has 2 aromatic rings. The Morgan fingerprint density at radius 2 is 2.14 bits per heavy atom. The summed E-state index contributed by atoms with van der Waals surface area (Å²) in [6, 6.07) is 3.69. The number of thiazole rings is 1. The number of methoxy groups -OCH3 is 1. The highest BCUT2D eigenvalue weighted by Gasteiger charge is 2.19. The summed E-state index contributed by atoms with van der Waals surface area (Å²) in [6.45, 7) is 6.18. The molecule has 0 saturated heterocycles. The molecule has 1 aliphatic heterocycles. The highest BCUT2D eigenvalue weighted by Crippen LogP contribution is 2.33. The number of urea groups is 1. The van der Waals surface area contributed by atoms with Crippen LogP contribution < -0.4 is 10.6 Å². The average molecular weight is 413 g/mol. The summed E-state index contributed by atoms with van der Waals surface area (Å²) in [6.07, 6.45) is 5.21. The number of amides is 2. The SMILES string of the molecule is CCNC(=O)Nc1nc2cc(C3=CN=C(C(C)(C)O)C=C=C3)cc(COC)c2s1. The predicted molar refractivity (Wildman–Crippen MR) is 117 cm³/mol. The van der Waals surface area contributed by atoms with Crippen molar-refractivity contribution in [1.82, 2.24) is 10.3 Å². The third kappa shape index (κ3) is 4.99. The predicted octanol–water partition coefficient (Wildman–Crippen LogP) is 3.86. The minimum Gasteiger partial charge on any atom is -0.384 e. The van der Waals surface area contributed by atoms with E-state index in [9.17, 15) is 9.90 Å². The van der Waals surface area contributed by atoms with Crippen LogP contribution in [0.3, 0.4) is 0 Å². The second-order valence-corrected chi connectivity index (χ2v) is 8.03. The number of allylic oxidation sites excluding steroid dienone is 1. The number of carbonyl (C=O) groups excluding carboxylic acids is 1. The van der Waals surface area contributed by atoms with Crippen LogP contribution in [0.25, 0.3) is 15.8 Å². The smallest absolute Gasteiger partial charge is 0.321 e. The van der Waals surface area contributed by atoms with Crippen molar-refractivity contribution in [2.75, 3.05) is 19.0 Å². The number of benzene rings is 1. The van der Waals surface area contributed by atoms with E-state index in [4.69, 9.17) is 4.74 Å². The van der Waals surface area contributed by atoms with Crippen molar-refractivity contribution in [2.45, 2.75) is 33.0 Å². The fraction of sp³-hybridized carbons (Fsp3) is 0.333. The molecule has 0 saturated carbocycles. The van der Waals surface area contributed by atoms with Gasteiger partial charge in [-0.3, -0.25) is 10.3 Å². The zero-order valence-corrected chi connectivity index (χ0v) is 17.7. The number of nitrogens with one attached hydrogen (secondary N) is 2. The largest absolute Gasteiger partial charge is 0.384 e. The quantitative estimate of drug-likeness (QED) is 0.628. The van der Waals surface area contributed by atoms with E-state index in [0.29, 0.717) is 24.0 Å². The molecule has 1 aromatic carbocycles. The van der Waals surface area contributed by atoms with Crippen LogP contribution in [-0.2, 0) is 11.3 Å². The van der Waals surface area contributed by atoms with E-state index < -0.39 is 5.60 Å². The van der Waals surface area contributed by atoms with E-state index in [1.54, 1.807) is 33.2 Å². The number of nitrogens with zero attached hydrogens (tertiary/aromatic N) is 2. The lowest BCUT2D eigenvalue weighted by molar-refractivity contribution is 0.155. The fourth-order valence-corrected chi connectivity index (χ4v) is 3.74. The van der Waals surface area contributed by atoms with Crippen LogP contribution in [0, 0.1) is 0 Å². The molecule has 2 amide bonds. The van der Waals surface area contributed by atoms with Crippen molar-refractivity contribution >= 4 is 44.0 Å². The standard InChI is InChI=1S/C21H24N4O3S/c1-5-22-19(26)25-20-24-16-10-14(9-15(12-28-4)18(16)29-20)13-7-6-8-17(23-11-13)21(2,3)27/h7-11,27H,5,12H2,1-4H3,(H2,22,24,25,26). The Kier molecular flexibility index (Phi) is 6.30. The van der Waals surface area contributed by atoms with Gasteiger partial charge in [0.25, 0.3) is 0 Å². The lowest BCUT2D eigenvalue weighted by Gasteiger charge is -2.15. The number of aliphatic imine (C=N–C) groups is 1. The lowest BCUT2D eigenvalue weighted by atomic mass is 10.0. The number of anilines is 1. The molecular formula is C21H24N4O3S. The van der Waals surface area contributed by atoms with Gasteiger partial charge in [-0.05, 0) is 50.1 Å². The zero-order chi connectivity index (χ0) is 21.0. The number of hydrogen-bond acceptors (Lipinski definition) is 6. The Morgan fingerprint density at radius 1 is 1.34 bits per heavy atom. The highest BCUT2D eigenvalue weighted by molar-refractivity contribution is 7.22. The lowest BCUT2D eigenvalue weighted by Crippen LogP contribution is -2.29. The summed E-state index contributed by atoms with van der Waals surface area (Å²) < 4.78 is 6.32. The van der Waals surface area contributed by atoms with Crippen molar-refractivity contribution in [3.05, 3.63) is 47.3 Å². The van der Waals surface area contributed by atoms with Gasteiger partial charge in [-0.25, -0.2) is 9.78 Å². The average Bonchev–Trinajstić information content (AvgIpc) is 2.87. The number of ether oxygens (including phenoxy) is 1. The van der Waals surface area contributed by atoms with E-state index in [1.807, 2.05) is 25.1 Å². The van der Waals surface area contributed by atoms with Crippen LogP contribution in [0.4, 0.5) is 9.93 Å². The summed E-state index contributed by atoms with van der Waals surface area (Å²) in [4.78, 5) is 20.8. The number of fused-ring (bicyclic) bond motifs is 1. The van der Waals surface area contributed by atoms with E-state index in [0.717, 1.165) is 26.9 Å². The van der Waals surface area contributed by atoms with Crippen molar-refractivity contribution in [3.8, 4) is 0 Å². The molecule has 8 heteroatoms. The highest BCUT2D eigenvalue weighted by atomic mass is 32.1. The number of aliphatic hydroxyl groups is 1. The Hall–Kier alpha value is -2.77. The van der Waals surface area contributed by atoms with Crippen molar-refractivity contribution in [3.63, 3.8) is 0 Å². The Morgan fingerprint density at radius 3 is 2.83 bits per heavy atom. The van der Waals surface area contributed by atoms with E-state index >= 15 is 0 Å². The summed E-state index contributed by atoms with van der Waals surface area (Å²) >= 11 is 1.41. The summed E-state index contributed by atoms with van der Waals surface area (Å²) in [5.74, 6) is 0. The van der Waals surface area contributed by atoms with Gasteiger partial charge in [-0.2, -0.15) is 0 Å². The second-order valence-electron chi connectivity index (χ2n) is 7.03. The number of hydrogen-bond donors (Lipinski definition) is 3. The molecule has 0 unspecified atom stereocenters. The van der Waals surface area contributed by atoms with Crippen molar-refractivity contribution in [2.24, 2.45) is 4.99 Å². The molecule has 0 aliphatic carbocycles. The van der Waals surface area contributed by atoms with Gasteiger partial charge in [0.05, 0.1) is 22.5 Å². The first-order valence-electron chi connectivity index (χ1n) is 9.22. The van der Waals surface area contributed by atoms with Crippen LogP contribution in [0.15, 0.2) is 41.2 Å². The molecule has 7 nitrogen and oxygen atoms in total. The second kappa shape index (κ2) is 8.71. The first-order chi connectivity index (χ1) is 13.8. The van der Waals surface area contributed by atoms with Gasteiger partial charge < -0.3 is 15.2 Å².